The van der Waals surface area contributed by atoms with E-state index in [1.54, 1.807) is 36.9 Å². The third-order valence-electron chi connectivity index (χ3n) is 3.53. The summed E-state index contributed by atoms with van der Waals surface area (Å²) in [4.78, 5) is 4.19. The largest absolute Gasteiger partial charge is 0.395 e. The predicted molar refractivity (Wildman–Crippen MR) is 92.7 cm³/mol. The molecule has 2 N–H and O–H groups in total. The maximum absolute atomic E-state index is 11.9. The first kappa shape index (κ1) is 17.9. The molecular weight excluding hydrogens is 358 g/mol. The van der Waals surface area contributed by atoms with Crippen LogP contribution in [-0.2, 0) is 9.84 Å². The van der Waals surface area contributed by atoms with Crippen molar-refractivity contribution in [3.63, 3.8) is 0 Å². The van der Waals surface area contributed by atoms with E-state index in [-0.39, 0.29) is 16.6 Å². The SMILES string of the molecule is Cc1nc(N=Nc2cn(-c3ccc(S(=O)(=O)CCO)cc3)nc2C)n[nH]1. The summed E-state index contributed by atoms with van der Waals surface area (Å²) in [6.07, 6.45) is 1.68. The van der Waals surface area contributed by atoms with Crippen molar-refractivity contribution < 1.29 is 13.5 Å². The number of sulfone groups is 1. The number of aromatic amines is 1. The van der Waals surface area contributed by atoms with Gasteiger partial charge in [-0.05, 0) is 38.1 Å². The van der Waals surface area contributed by atoms with Crippen molar-refractivity contribution in [1.29, 1.82) is 0 Å². The molecule has 2 aromatic heterocycles. The highest BCUT2D eigenvalue weighted by molar-refractivity contribution is 7.91. The van der Waals surface area contributed by atoms with Crippen LogP contribution in [0.1, 0.15) is 11.5 Å². The Kier molecular flexibility index (Phi) is 4.91. The van der Waals surface area contributed by atoms with Crippen molar-refractivity contribution in [2.24, 2.45) is 10.2 Å². The van der Waals surface area contributed by atoms with E-state index in [0.717, 1.165) is 0 Å². The third-order valence-corrected chi connectivity index (χ3v) is 5.24. The smallest absolute Gasteiger partial charge is 0.287 e. The van der Waals surface area contributed by atoms with Gasteiger partial charge in [-0.15, -0.1) is 15.3 Å². The number of aromatic nitrogens is 5. The van der Waals surface area contributed by atoms with Gasteiger partial charge in [-0.3, -0.25) is 5.10 Å². The van der Waals surface area contributed by atoms with Gasteiger partial charge >= 0.3 is 0 Å². The molecule has 0 unspecified atom stereocenters. The standard InChI is InChI=1S/C15H17N7O3S/c1-10-14(18-20-15-16-11(2)17-19-15)9-22(21-10)12-3-5-13(6-4-12)26(24,25)8-7-23/h3-6,9,23H,7-8H2,1-2H3,(H,16,17,19). The number of nitrogens with one attached hydrogen (secondary N) is 1. The number of azo groups is 1. The molecule has 10 nitrogen and oxygen atoms in total. The molecule has 1 aromatic carbocycles. The summed E-state index contributed by atoms with van der Waals surface area (Å²) >= 11 is 0. The maximum Gasteiger partial charge on any atom is 0.287 e. The Morgan fingerprint density at radius 1 is 1.19 bits per heavy atom. The average molecular weight is 375 g/mol. The molecular formula is C15H17N7O3S. The number of hydrogen-bond donors (Lipinski definition) is 2. The van der Waals surface area contributed by atoms with Gasteiger partial charge in [-0.25, -0.2) is 13.1 Å². The van der Waals surface area contributed by atoms with E-state index < -0.39 is 16.4 Å². The van der Waals surface area contributed by atoms with Crippen LogP contribution in [0.15, 0.2) is 45.6 Å². The lowest BCUT2D eigenvalue weighted by Gasteiger charge is -2.04. The molecule has 0 bridgehead atoms. The fraction of sp³-hybridized carbons (Fsp3) is 0.267. The molecule has 0 amide bonds. The van der Waals surface area contributed by atoms with Gasteiger partial charge in [0.05, 0.1) is 34.8 Å². The summed E-state index contributed by atoms with van der Waals surface area (Å²) in [5.74, 6) is 0.564. The van der Waals surface area contributed by atoms with Crippen LogP contribution < -0.4 is 0 Å². The topological polar surface area (TPSA) is 138 Å². The highest BCUT2D eigenvalue weighted by Gasteiger charge is 2.14. The lowest BCUT2D eigenvalue weighted by Crippen LogP contribution is -2.10. The van der Waals surface area contributed by atoms with Crippen LogP contribution >= 0.6 is 0 Å². The predicted octanol–water partition coefficient (Wildman–Crippen LogP) is 1.79. The summed E-state index contributed by atoms with van der Waals surface area (Å²) < 4.78 is 25.4. The van der Waals surface area contributed by atoms with Gasteiger partial charge in [0.2, 0.25) is 0 Å². The van der Waals surface area contributed by atoms with Gasteiger partial charge in [0.25, 0.3) is 5.95 Å². The van der Waals surface area contributed by atoms with Crippen LogP contribution in [0, 0.1) is 13.8 Å². The molecule has 136 valence electrons. The zero-order valence-electron chi connectivity index (χ0n) is 14.2. The number of aliphatic hydroxyl groups excluding tert-OH is 1. The highest BCUT2D eigenvalue weighted by atomic mass is 32.2. The Bertz CT molecular complexity index is 1040. The number of hydrogen-bond acceptors (Lipinski definition) is 8. The van der Waals surface area contributed by atoms with Gasteiger partial charge < -0.3 is 5.11 Å². The van der Waals surface area contributed by atoms with Crippen LogP contribution in [0.5, 0.6) is 0 Å². The van der Waals surface area contributed by atoms with E-state index in [4.69, 9.17) is 5.11 Å². The summed E-state index contributed by atoms with van der Waals surface area (Å²) in [6.45, 7) is 3.13. The van der Waals surface area contributed by atoms with Gasteiger partial charge in [0.1, 0.15) is 11.5 Å². The fourth-order valence-corrected chi connectivity index (χ4v) is 3.23. The quantitative estimate of drug-likeness (QED) is 0.630. The second-order valence-electron chi connectivity index (χ2n) is 5.50. The number of aliphatic hydroxyl groups is 1. The molecule has 0 saturated heterocycles. The van der Waals surface area contributed by atoms with Gasteiger partial charge in [0.15, 0.2) is 9.84 Å². The second-order valence-corrected chi connectivity index (χ2v) is 7.61. The molecule has 0 fully saturated rings. The van der Waals surface area contributed by atoms with Gasteiger partial charge in [-0.2, -0.15) is 10.1 Å². The van der Waals surface area contributed by atoms with Crippen molar-refractivity contribution in [3.8, 4) is 5.69 Å². The van der Waals surface area contributed by atoms with Crippen molar-refractivity contribution in [2.75, 3.05) is 12.4 Å². The second kappa shape index (κ2) is 7.14. The third kappa shape index (κ3) is 3.83. The van der Waals surface area contributed by atoms with E-state index in [1.807, 2.05) is 0 Å². The van der Waals surface area contributed by atoms with E-state index in [2.05, 4.69) is 30.5 Å². The van der Waals surface area contributed by atoms with Crippen LogP contribution in [0.4, 0.5) is 11.6 Å². The molecule has 0 atom stereocenters. The number of nitrogens with zero attached hydrogens (tertiary/aromatic N) is 6. The van der Waals surface area contributed by atoms with Crippen LogP contribution in [-0.4, -0.2) is 50.8 Å². The lowest BCUT2D eigenvalue weighted by atomic mass is 10.3. The van der Waals surface area contributed by atoms with Crippen LogP contribution in [0.25, 0.3) is 5.69 Å². The number of benzene rings is 1. The van der Waals surface area contributed by atoms with Crippen molar-refractivity contribution in [2.45, 2.75) is 18.7 Å². The van der Waals surface area contributed by atoms with E-state index in [1.165, 1.54) is 12.1 Å². The minimum absolute atomic E-state index is 0.152. The summed E-state index contributed by atoms with van der Waals surface area (Å²) in [7, 11) is -3.48. The van der Waals surface area contributed by atoms with Crippen LogP contribution in [0.2, 0.25) is 0 Å². The van der Waals surface area contributed by atoms with Gasteiger partial charge in [0, 0.05) is 0 Å². The molecule has 3 rings (SSSR count). The first-order chi connectivity index (χ1) is 12.4. The highest BCUT2D eigenvalue weighted by Crippen LogP contribution is 2.22. The Morgan fingerprint density at radius 2 is 1.92 bits per heavy atom. The minimum Gasteiger partial charge on any atom is -0.395 e. The molecule has 11 heteroatoms. The van der Waals surface area contributed by atoms with Crippen LogP contribution in [0.3, 0.4) is 0 Å². The summed E-state index contributed by atoms with van der Waals surface area (Å²) in [6, 6.07) is 6.23. The first-order valence-corrected chi connectivity index (χ1v) is 9.35. The average Bonchev–Trinajstić information content (AvgIpc) is 3.19. The first-order valence-electron chi connectivity index (χ1n) is 7.70. The molecule has 0 aliphatic carbocycles. The van der Waals surface area contributed by atoms with Gasteiger partial charge in [-0.1, -0.05) is 0 Å². The molecule has 26 heavy (non-hydrogen) atoms. The number of aryl methyl sites for hydroxylation is 2. The normalized spacial score (nSPS) is 12.1. The Hall–Kier alpha value is -2.92. The van der Waals surface area contributed by atoms with Crippen molar-refractivity contribution in [3.05, 3.63) is 42.0 Å². The molecule has 2 heterocycles. The lowest BCUT2D eigenvalue weighted by molar-refractivity contribution is 0.319. The molecule has 0 aliphatic heterocycles. The Morgan fingerprint density at radius 3 is 2.54 bits per heavy atom. The molecule has 0 radical (unpaired) electrons. The fourth-order valence-electron chi connectivity index (χ4n) is 2.20. The Balaban J connectivity index is 1.83. The zero-order valence-corrected chi connectivity index (χ0v) is 15.0. The summed E-state index contributed by atoms with van der Waals surface area (Å²) in [5.41, 5.74) is 1.87. The zero-order chi connectivity index (χ0) is 18.7. The van der Waals surface area contributed by atoms with E-state index in [0.29, 0.717) is 22.9 Å². The number of H-pyrrole nitrogens is 1. The summed E-state index contributed by atoms with van der Waals surface area (Å²) in [5, 5.41) is 27.8. The maximum atomic E-state index is 11.9. The molecule has 3 aromatic rings. The monoisotopic (exact) mass is 375 g/mol. The Labute approximate surface area is 149 Å². The molecule has 0 saturated carbocycles. The van der Waals surface area contributed by atoms with Crippen molar-refractivity contribution in [1.82, 2.24) is 25.0 Å². The van der Waals surface area contributed by atoms with Crippen molar-refractivity contribution >= 4 is 21.5 Å². The van der Waals surface area contributed by atoms with E-state index >= 15 is 0 Å². The molecule has 0 spiro atoms. The number of rotatable bonds is 6. The minimum atomic E-state index is -3.48. The molecule has 0 aliphatic rings. The van der Waals surface area contributed by atoms with E-state index in [9.17, 15) is 8.42 Å².